The minimum absolute atomic E-state index is 0.212. The van der Waals surface area contributed by atoms with E-state index in [0.717, 1.165) is 16.0 Å². The maximum Gasteiger partial charge on any atom is 0.257 e. The van der Waals surface area contributed by atoms with E-state index in [-0.39, 0.29) is 11.7 Å². The maximum atomic E-state index is 13.7. The Labute approximate surface area is 155 Å². The fourth-order valence-corrected chi connectivity index (χ4v) is 3.37. The van der Waals surface area contributed by atoms with Crippen molar-refractivity contribution < 1.29 is 13.9 Å². The van der Waals surface area contributed by atoms with Crippen molar-refractivity contribution in [3.63, 3.8) is 0 Å². The number of thiazole rings is 1. The van der Waals surface area contributed by atoms with Gasteiger partial charge < -0.3 is 4.74 Å². The van der Waals surface area contributed by atoms with E-state index in [9.17, 15) is 9.18 Å². The number of aromatic nitrogens is 1. The molecule has 1 amide bonds. The molecule has 1 N–H and O–H groups in total. The van der Waals surface area contributed by atoms with E-state index < -0.39 is 0 Å². The number of hydrogen-bond donors (Lipinski definition) is 1. The Balaban J connectivity index is 1.67. The molecule has 0 radical (unpaired) electrons. The lowest BCUT2D eigenvalue weighted by Gasteiger charge is -2.04. The number of aryl methyl sites for hydroxylation is 1. The highest BCUT2D eigenvalue weighted by molar-refractivity contribution is 7.15. The van der Waals surface area contributed by atoms with Crippen molar-refractivity contribution >= 4 is 22.4 Å². The van der Waals surface area contributed by atoms with Crippen LogP contribution >= 0.6 is 11.3 Å². The number of rotatable bonds is 6. The Morgan fingerprint density at radius 3 is 2.85 bits per heavy atom. The first-order valence-electron chi connectivity index (χ1n) is 8.14. The molecule has 1 heterocycles. The quantitative estimate of drug-likeness (QED) is 0.691. The van der Waals surface area contributed by atoms with Crippen LogP contribution in [-0.4, -0.2) is 18.0 Å². The largest absolute Gasteiger partial charge is 0.380 e. The van der Waals surface area contributed by atoms with Gasteiger partial charge in [0.25, 0.3) is 5.91 Å². The number of nitrogens with one attached hydrogen (secondary N) is 1. The smallest absolute Gasteiger partial charge is 0.257 e. The summed E-state index contributed by atoms with van der Waals surface area (Å²) in [4.78, 5) is 17.6. The van der Waals surface area contributed by atoms with E-state index in [1.165, 1.54) is 17.4 Å². The number of hydrogen-bond acceptors (Lipinski definition) is 4. The molecule has 1 aromatic heterocycles. The molecule has 0 aliphatic carbocycles. The highest BCUT2D eigenvalue weighted by Crippen LogP contribution is 2.23. The molecule has 3 aromatic rings. The predicted octanol–water partition coefficient (Wildman–Crippen LogP) is 4.58. The van der Waals surface area contributed by atoms with Crippen LogP contribution in [0, 0.1) is 12.7 Å². The SMILES string of the molecule is COCc1cccc(C(=O)Nc2ncc(Cc3ccc(C)c(F)c3)s2)c1. The van der Waals surface area contributed by atoms with Gasteiger partial charge in [0.05, 0.1) is 6.61 Å². The van der Waals surface area contributed by atoms with E-state index in [1.54, 1.807) is 38.4 Å². The third kappa shape index (κ3) is 4.53. The van der Waals surface area contributed by atoms with Gasteiger partial charge >= 0.3 is 0 Å². The summed E-state index contributed by atoms with van der Waals surface area (Å²) in [5.41, 5.74) is 2.99. The highest BCUT2D eigenvalue weighted by Gasteiger charge is 2.10. The van der Waals surface area contributed by atoms with Gasteiger partial charge in [0, 0.05) is 30.2 Å². The summed E-state index contributed by atoms with van der Waals surface area (Å²) in [5.74, 6) is -0.429. The molecule has 0 atom stereocenters. The van der Waals surface area contributed by atoms with Crippen LogP contribution in [0.3, 0.4) is 0 Å². The number of benzene rings is 2. The summed E-state index contributed by atoms with van der Waals surface area (Å²) in [5, 5.41) is 3.33. The lowest BCUT2D eigenvalue weighted by molar-refractivity contribution is 0.102. The van der Waals surface area contributed by atoms with E-state index in [0.29, 0.717) is 29.3 Å². The van der Waals surface area contributed by atoms with Crippen LogP contribution in [0.4, 0.5) is 9.52 Å². The summed E-state index contributed by atoms with van der Waals surface area (Å²) >= 11 is 1.39. The molecule has 26 heavy (non-hydrogen) atoms. The molecule has 6 heteroatoms. The van der Waals surface area contributed by atoms with Gasteiger partial charge in [-0.1, -0.05) is 24.3 Å². The number of anilines is 1. The van der Waals surface area contributed by atoms with Crippen LogP contribution in [0.15, 0.2) is 48.7 Å². The number of carbonyl (C=O) groups is 1. The molecule has 2 aromatic carbocycles. The Hall–Kier alpha value is -2.57. The van der Waals surface area contributed by atoms with Crippen molar-refractivity contribution in [2.24, 2.45) is 0 Å². The first-order chi connectivity index (χ1) is 12.5. The van der Waals surface area contributed by atoms with Gasteiger partial charge in [0.2, 0.25) is 0 Å². The number of halogens is 1. The van der Waals surface area contributed by atoms with Crippen LogP contribution in [0.2, 0.25) is 0 Å². The van der Waals surface area contributed by atoms with E-state index >= 15 is 0 Å². The monoisotopic (exact) mass is 370 g/mol. The number of ether oxygens (including phenoxy) is 1. The second-order valence-electron chi connectivity index (χ2n) is 5.98. The molecule has 134 valence electrons. The molecule has 3 rings (SSSR count). The molecule has 0 saturated heterocycles. The zero-order valence-electron chi connectivity index (χ0n) is 14.6. The van der Waals surface area contributed by atoms with Crippen LogP contribution < -0.4 is 5.32 Å². The Morgan fingerprint density at radius 1 is 1.23 bits per heavy atom. The van der Waals surface area contributed by atoms with E-state index in [2.05, 4.69) is 10.3 Å². The zero-order chi connectivity index (χ0) is 18.5. The second kappa shape index (κ2) is 8.21. The Morgan fingerprint density at radius 2 is 2.08 bits per heavy atom. The predicted molar refractivity (Wildman–Crippen MR) is 101 cm³/mol. The fourth-order valence-electron chi connectivity index (χ4n) is 2.53. The van der Waals surface area contributed by atoms with Gasteiger partial charge in [-0.3, -0.25) is 10.1 Å². The fraction of sp³-hybridized carbons (Fsp3) is 0.200. The molecule has 0 aliphatic heterocycles. The summed E-state index contributed by atoms with van der Waals surface area (Å²) < 4.78 is 18.7. The lowest BCUT2D eigenvalue weighted by atomic mass is 10.1. The average Bonchev–Trinajstić information content (AvgIpc) is 3.05. The lowest BCUT2D eigenvalue weighted by Crippen LogP contribution is -2.11. The topological polar surface area (TPSA) is 51.2 Å². The van der Waals surface area contributed by atoms with Crippen molar-refractivity contribution in [3.8, 4) is 0 Å². The number of methoxy groups -OCH3 is 1. The summed E-state index contributed by atoms with van der Waals surface area (Å²) in [6.07, 6.45) is 2.29. The van der Waals surface area contributed by atoms with Crippen molar-refractivity contribution in [1.82, 2.24) is 4.98 Å². The van der Waals surface area contributed by atoms with Gasteiger partial charge in [-0.25, -0.2) is 9.37 Å². The van der Waals surface area contributed by atoms with Crippen molar-refractivity contribution in [3.05, 3.63) is 81.6 Å². The molecular formula is C20H19FN2O2S. The zero-order valence-corrected chi connectivity index (χ0v) is 15.4. The van der Waals surface area contributed by atoms with Gasteiger partial charge in [-0.2, -0.15) is 0 Å². The van der Waals surface area contributed by atoms with Crippen LogP contribution in [0.1, 0.15) is 31.9 Å². The molecular weight excluding hydrogens is 351 g/mol. The number of carbonyl (C=O) groups excluding carboxylic acids is 1. The first kappa shape index (κ1) is 18.2. The summed E-state index contributed by atoms with van der Waals surface area (Å²) in [6.45, 7) is 2.19. The normalized spacial score (nSPS) is 10.7. The molecule has 0 aliphatic rings. The third-order valence-electron chi connectivity index (χ3n) is 3.89. The second-order valence-corrected chi connectivity index (χ2v) is 7.09. The summed E-state index contributed by atoms with van der Waals surface area (Å²) in [7, 11) is 1.61. The van der Waals surface area contributed by atoms with Crippen molar-refractivity contribution in [2.75, 3.05) is 12.4 Å². The molecule has 0 fully saturated rings. The van der Waals surface area contributed by atoms with Gasteiger partial charge in [0.15, 0.2) is 5.13 Å². The molecule has 4 nitrogen and oxygen atoms in total. The maximum absolute atomic E-state index is 13.7. The summed E-state index contributed by atoms with van der Waals surface area (Å²) in [6, 6.07) is 12.5. The van der Waals surface area contributed by atoms with Crippen molar-refractivity contribution in [1.29, 1.82) is 0 Å². The number of nitrogens with zero attached hydrogens (tertiary/aromatic N) is 1. The first-order valence-corrected chi connectivity index (χ1v) is 8.96. The van der Waals surface area contributed by atoms with Crippen LogP contribution in [0.25, 0.3) is 0 Å². The van der Waals surface area contributed by atoms with Crippen molar-refractivity contribution in [2.45, 2.75) is 20.0 Å². The third-order valence-corrected chi connectivity index (χ3v) is 4.80. The van der Waals surface area contributed by atoms with Crippen LogP contribution in [0.5, 0.6) is 0 Å². The van der Waals surface area contributed by atoms with Crippen LogP contribution in [-0.2, 0) is 17.8 Å². The highest BCUT2D eigenvalue weighted by atomic mass is 32.1. The Kier molecular flexibility index (Phi) is 5.75. The molecule has 0 spiro atoms. The number of amides is 1. The molecule has 0 unspecified atom stereocenters. The molecule has 0 saturated carbocycles. The van der Waals surface area contributed by atoms with E-state index in [1.807, 2.05) is 18.2 Å². The minimum Gasteiger partial charge on any atom is -0.380 e. The average molecular weight is 370 g/mol. The van der Waals surface area contributed by atoms with Gasteiger partial charge in [-0.15, -0.1) is 11.3 Å². The molecule has 0 bridgehead atoms. The Bertz CT molecular complexity index is 924. The van der Waals surface area contributed by atoms with Gasteiger partial charge in [0.1, 0.15) is 5.82 Å². The standard InChI is InChI=1S/C20H19FN2O2S/c1-13-6-7-14(10-18(13)21)9-17-11-22-20(26-17)23-19(24)16-5-3-4-15(8-16)12-25-2/h3-8,10-11H,9,12H2,1-2H3,(H,22,23,24). The van der Waals surface area contributed by atoms with Gasteiger partial charge in [-0.05, 0) is 41.8 Å². The minimum atomic E-state index is -0.217. The van der Waals surface area contributed by atoms with E-state index in [4.69, 9.17) is 4.74 Å².